The van der Waals surface area contributed by atoms with Gasteiger partial charge in [-0.1, -0.05) is 6.42 Å². The van der Waals surface area contributed by atoms with Crippen molar-refractivity contribution < 1.29 is 9.90 Å². The Balaban J connectivity index is 2.24. The molecule has 12 heavy (non-hydrogen) atoms. The van der Waals surface area contributed by atoms with Crippen LogP contribution in [-0.2, 0) is 0 Å². The number of nitrogens with one attached hydrogen (secondary N) is 1. The van der Waals surface area contributed by atoms with Gasteiger partial charge in [-0.05, 0) is 19.4 Å². The lowest BCUT2D eigenvalue weighted by molar-refractivity contribution is 0.149. The lowest BCUT2D eigenvalue weighted by Gasteiger charge is -2.26. The normalized spacial score (nSPS) is 23.6. The lowest BCUT2D eigenvalue weighted by atomic mass is 10.1. The Bertz CT molecular complexity index is 155. The third-order valence-electron chi connectivity index (χ3n) is 2.23. The average Bonchev–Trinajstić information content (AvgIpc) is 2.06. The standard InChI is InChI=1S/C8H16N2O2/c1-10(8(11)12)6-7-4-2-3-5-9-7/h7,9H,2-6H2,1H3,(H,11,12). The topological polar surface area (TPSA) is 52.6 Å². The summed E-state index contributed by atoms with van der Waals surface area (Å²) in [7, 11) is 1.61. The Hall–Kier alpha value is -0.770. The highest BCUT2D eigenvalue weighted by Crippen LogP contribution is 2.07. The van der Waals surface area contributed by atoms with Crippen LogP contribution in [0.15, 0.2) is 0 Å². The van der Waals surface area contributed by atoms with E-state index < -0.39 is 6.09 Å². The number of rotatable bonds is 2. The number of carbonyl (C=O) groups is 1. The molecule has 0 aromatic carbocycles. The summed E-state index contributed by atoms with van der Waals surface area (Å²) in [6.45, 7) is 1.63. The second-order valence-electron chi connectivity index (χ2n) is 3.31. The quantitative estimate of drug-likeness (QED) is 0.646. The van der Waals surface area contributed by atoms with Crippen LogP contribution in [0.4, 0.5) is 4.79 Å². The second kappa shape index (κ2) is 4.30. The van der Waals surface area contributed by atoms with E-state index in [9.17, 15) is 4.79 Å². The Morgan fingerprint density at radius 1 is 1.67 bits per heavy atom. The van der Waals surface area contributed by atoms with E-state index in [-0.39, 0.29) is 0 Å². The molecule has 1 rings (SSSR count). The maximum Gasteiger partial charge on any atom is 0.407 e. The molecule has 0 aromatic heterocycles. The minimum Gasteiger partial charge on any atom is -0.465 e. The van der Waals surface area contributed by atoms with Crippen molar-refractivity contribution in [2.45, 2.75) is 25.3 Å². The van der Waals surface area contributed by atoms with Crippen molar-refractivity contribution in [3.63, 3.8) is 0 Å². The highest BCUT2D eigenvalue weighted by Gasteiger charge is 2.16. The molecule has 1 saturated heterocycles. The van der Waals surface area contributed by atoms with Gasteiger partial charge < -0.3 is 15.3 Å². The van der Waals surface area contributed by atoms with Crippen molar-refractivity contribution in [3.05, 3.63) is 0 Å². The molecule has 1 atom stereocenters. The lowest BCUT2D eigenvalue weighted by Crippen LogP contribution is -2.43. The molecule has 0 aliphatic carbocycles. The molecule has 1 fully saturated rings. The van der Waals surface area contributed by atoms with Crippen molar-refractivity contribution >= 4 is 6.09 Å². The van der Waals surface area contributed by atoms with E-state index in [1.165, 1.54) is 17.7 Å². The highest BCUT2D eigenvalue weighted by molar-refractivity contribution is 5.64. The molecule has 4 heteroatoms. The zero-order valence-electron chi connectivity index (χ0n) is 7.42. The van der Waals surface area contributed by atoms with Crippen LogP contribution in [0.5, 0.6) is 0 Å². The average molecular weight is 172 g/mol. The molecule has 70 valence electrons. The van der Waals surface area contributed by atoms with Crippen molar-refractivity contribution in [1.29, 1.82) is 0 Å². The number of carboxylic acid groups (broad SMARTS) is 1. The van der Waals surface area contributed by atoms with Gasteiger partial charge in [0.15, 0.2) is 0 Å². The Kier molecular flexibility index (Phi) is 3.34. The molecule has 1 unspecified atom stereocenters. The van der Waals surface area contributed by atoms with Gasteiger partial charge in [0.05, 0.1) is 0 Å². The number of likely N-dealkylation sites (N-methyl/N-ethyl adjacent to an activating group) is 1. The first-order valence-corrected chi connectivity index (χ1v) is 4.37. The molecule has 1 amide bonds. The molecule has 1 aliphatic rings. The molecule has 4 nitrogen and oxygen atoms in total. The third kappa shape index (κ3) is 2.70. The van der Waals surface area contributed by atoms with E-state index in [1.807, 2.05) is 0 Å². The maximum atomic E-state index is 10.5. The monoisotopic (exact) mass is 172 g/mol. The number of hydrogen-bond donors (Lipinski definition) is 2. The van der Waals surface area contributed by atoms with Crippen LogP contribution in [0.1, 0.15) is 19.3 Å². The van der Waals surface area contributed by atoms with Crippen molar-refractivity contribution in [2.75, 3.05) is 20.1 Å². The van der Waals surface area contributed by atoms with Crippen LogP contribution in [0.2, 0.25) is 0 Å². The zero-order valence-corrected chi connectivity index (χ0v) is 7.42. The number of hydrogen-bond acceptors (Lipinski definition) is 2. The molecule has 0 radical (unpaired) electrons. The molecule has 1 aliphatic heterocycles. The minimum atomic E-state index is -0.845. The van der Waals surface area contributed by atoms with Crippen LogP contribution < -0.4 is 5.32 Å². The van der Waals surface area contributed by atoms with E-state index in [2.05, 4.69) is 5.32 Å². The van der Waals surface area contributed by atoms with Gasteiger partial charge >= 0.3 is 6.09 Å². The number of amides is 1. The van der Waals surface area contributed by atoms with Crippen molar-refractivity contribution in [3.8, 4) is 0 Å². The summed E-state index contributed by atoms with van der Waals surface area (Å²) in [6, 6.07) is 0.361. The Labute approximate surface area is 72.6 Å². The summed E-state index contributed by atoms with van der Waals surface area (Å²) in [6.07, 6.45) is 2.68. The van der Waals surface area contributed by atoms with Gasteiger partial charge in [-0.3, -0.25) is 0 Å². The summed E-state index contributed by atoms with van der Waals surface area (Å²) in [4.78, 5) is 11.8. The third-order valence-corrected chi connectivity index (χ3v) is 2.23. The Morgan fingerprint density at radius 3 is 2.92 bits per heavy atom. The van der Waals surface area contributed by atoms with Gasteiger partial charge in [0.25, 0.3) is 0 Å². The summed E-state index contributed by atoms with van der Waals surface area (Å²) in [5.74, 6) is 0. The van der Waals surface area contributed by atoms with E-state index in [0.29, 0.717) is 12.6 Å². The van der Waals surface area contributed by atoms with Crippen LogP contribution >= 0.6 is 0 Å². The van der Waals surface area contributed by atoms with Crippen LogP contribution in [-0.4, -0.2) is 42.3 Å². The molecule has 0 saturated carbocycles. The summed E-state index contributed by atoms with van der Waals surface area (Å²) < 4.78 is 0. The van der Waals surface area contributed by atoms with E-state index in [1.54, 1.807) is 7.05 Å². The van der Waals surface area contributed by atoms with Gasteiger partial charge in [-0.2, -0.15) is 0 Å². The fraction of sp³-hybridized carbons (Fsp3) is 0.875. The smallest absolute Gasteiger partial charge is 0.407 e. The fourth-order valence-corrected chi connectivity index (χ4v) is 1.49. The van der Waals surface area contributed by atoms with Crippen LogP contribution in [0.25, 0.3) is 0 Å². The van der Waals surface area contributed by atoms with Crippen molar-refractivity contribution in [1.82, 2.24) is 10.2 Å². The molecule has 1 heterocycles. The predicted molar refractivity (Wildman–Crippen MR) is 46.3 cm³/mol. The summed E-state index contributed by atoms with van der Waals surface area (Å²) in [5.41, 5.74) is 0. The van der Waals surface area contributed by atoms with Crippen LogP contribution in [0.3, 0.4) is 0 Å². The molecule has 0 spiro atoms. The number of nitrogens with zero attached hydrogens (tertiary/aromatic N) is 1. The Morgan fingerprint density at radius 2 is 2.42 bits per heavy atom. The minimum absolute atomic E-state index is 0.361. The van der Waals surface area contributed by atoms with Crippen LogP contribution in [0, 0.1) is 0 Å². The molecular weight excluding hydrogens is 156 g/mol. The fourth-order valence-electron chi connectivity index (χ4n) is 1.49. The van der Waals surface area contributed by atoms with Gasteiger partial charge in [0.2, 0.25) is 0 Å². The van der Waals surface area contributed by atoms with Gasteiger partial charge in [-0.15, -0.1) is 0 Å². The SMILES string of the molecule is CN(CC1CCCCN1)C(=O)O. The molecule has 0 bridgehead atoms. The van der Waals surface area contributed by atoms with Crippen molar-refractivity contribution in [2.24, 2.45) is 0 Å². The zero-order chi connectivity index (χ0) is 8.97. The van der Waals surface area contributed by atoms with Gasteiger partial charge in [0, 0.05) is 19.6 Å². The van der Waals surface area contributed by atoms with E-state index >= 15 is 0 Å². The largest absolute Gasteiger partial charge is 0.465 e. The summed E-state index contributed by atoms with van der Waals surface area (Å²) in [5, 5.41) is 11.9. The summed E-state index contributed by atoms with van der Waals surface area (Å²) >= 11 is 0. The highest BCUT2D eigenvalue weighted by atomic mass is 16.4. The van der Waals surface area contributed by atoms with Gasteiger partial charge in [0.1, 0.15) is 0 Å². The first-order valence-electron chi connectivity index (χ1n) is 4.37. The van der Waals surface area contributed by atoms with E-state index in [4.69, 9.17) is 5.11 Å². The maximum absolute atomic E-state index is 10.5. The van der Waals surface area contributed by atoms with Gasteiger partial charge in [-0.25, -0.2) is 4.79 Å². The first-order chi connectivity index (χ1) is 5.70. The first kappa shape index (κ1) is 9.32. The molecular formula is C8H16N2O2. The second-order valence-corrected chi connectivity index (χ2v) is 3.31. The molecule has 0 aromatic rings. The van der Waals surface area contributed by atoms with E-state index in [0.717, 1.165) is 13.0 Å². The number of piperidine rings is 1. The molecule has 2 N–H and O–H groups in total. The predicted octanol–water partition coefficient (Wildman–Crippen LogP) is 0.738.